The average Bonchev–Trinajstić information content (AvgIpc) is 3.31. The molecule has 0 amide bonds. The van der Waals surface area contributed by atoms with Crippen molar-refractivity contribution >= 4 is 33.0 Å². The van der Waals surface area contributed by atoms with E-state index in [1.807, 2.05) is 18.7 Å². The highest BCUT2D eigenvalue weighted by molar-refractivity contribution is 7.21. The summed E-state index contributed by atoms with van der Waals surface area (Å²) in [7, 11) is 0. The van der Waals surface area contributed by atoms with Crippen molar-refractivity contribution in [3.63, 3.8) is 0 Å². The van der Waals surface area contributed by atoms with Crippen molar-refractivity contribution in [2.75, 3.05) is 25.0 Å². The lowest BCUT2D eigenvalue weighted by Gasteiger charge is -2.41. The fourth-order valence-electron chi connectivity index (χ4n) is 5.50. The lowest BCUT2D eigenvalue weighted by molar-refractivity contribution is -0.216. The Balaban J connectivity index is 1.68. The number of hydrogen-bond donors (Lipinski definition) is 1. The molecule has 0 radical (unpaired) electrons. The Hall–Kier alpha value is -2.73. The number of anilines is 1. The first-order chi connectivity index (χ1) is 18.5. The predicted molar refractivity (Wildman–Crippen MR) is 144 cm³/mol. The summed E-state index contributed by atoms with van der Waals surface area (Å²) in [5.74, 6) is -0.474. The number of piperidine rings is 1. The Kier molecular flexibility index (Phi) is 8.26. The first-order valence-electron chi connectivity index (χ1n) is 13.1. The minimum absolute atomic E-state index is 0.0338. The van der Waals surface area contributed by atoms with Gasteiger partial charge < -0.3 is 10.2 Å². The largest absolute Gasteiger partial charge is 0.416 e. The zero-order valence-electron chi connectivity index (χ0n) is 22.9. The van der Waals surface area contributed by atoms with Crippen LogP contribution >= 0.6 is 11.3 Å². The number of aromatic nitrogens is 2. The molecule has 5 nitrogen and oxygen atoms in total. The Morgan fingerprint density at radius 2 is 1.73 bits per heavy atom. The lowest BCUT2D eigenvalue weighted by Crippen LogP contribution is -2.53. The molecule has 1 aromatic carbocycles. The van der Waals surface area contributed by atoms with Gasteiger partial charge in [-0.15, -0.1) is 16.4 Å². The molecule has 12 heteroatoms. The van der Waals surface area contributed by atoms with Crippen LogP contribution in [0.2, 0.25) is 0 Å². The molecule has 3 aromatic rings. The van der Waals surface area contributed by atoms with E-state index in [1.54, 1.807) is 19.9 Å². The number of carbonyl (C=O) groups excluding carboxylic acids is 1. The van der Waals surface area contributed by atoms with Crippen molar-refractivity contribution in [1.82, 2.24) is 15.1 Å². The predicted octanol–water partition coefficient (Wildman–Crippen LogP) is 7.98. The molecule has 1 fully saturated rings. The number of alkyl halides is 6. The number of halogens is 6. The number of ketones is 1. The van der Waals surface area contributed by atoms with Gasteiger partial charge in [0.25, 0.3) is 0 Å². The fourth-order valence-corrected chi connectivity index (χ4v) is 6.64. The molecule has 4 rings (SSSR count). The number of nitrogens with one attached hydrogen (secondary N) is 1. The van der Waals surface area contributed by atoms with Crippen LogP contribution in [-0.2, 0) is 6.18 Å². The summed E-state index contributed by atoms with van der Waals surface area (Å²) in [5.41, 5.74) is -2.34. The molecule has 40 heavy (non-hydrogen) atoms. The molecule has 0 unspecified atom stereocenters. The van der Waals surface area contributed by atoms with Crippen LogP contribution in [0.4, 0.5) is 32.2 Å². The first kappa shape index (κ1) is 30.2. The third-order valence-corrected chi connectivity index (χ3v) is 8.89. The topological polar surface area (TPSA) is 58.1 Å². The van der Waals surface area contributed by atoms with E-state index in [0.717, 1.165) is 17.4 Å². The van der Waals surface area contributed by atoms with Crippen molar-refractivity contribution in [2.24, 2.45) is 11.3 Å². The number of benzene rings is 1. The third kappa shape index (κ3) is 5.70. The molecule has 1 atom stereocenters. The van der Waals surface area contributed by atoms with Gasteiger partial charge in [-0.25, -0.2) is 0 Å². The molecular formula is C28H32F6N4OS. The van der Waals surface area contributed by atoms with E-state index < -0.39 is 35.2 Å². The quantitative estimate of drug-likeness (QED) is 0.225. The van der Waals surface area contributed by atoms with Gasteiger partial charge in [-0.2, -0.15) is 31.4 Å². The molecule has 1 aliphatic heterocycles. The van der Waals surface area contributed by atoms with Crippen LogP contribution in [0.1, 0.15) is 71.7 Å². The van der Waals surface area contributed by atoms with Gasteiger partial charge in [0.1, 0.15) is 5.41 Å². The molecule has 0 aliphatic carbocycles. The number of nitrogens with zero attached hydrogens (tertiary/aromatic N) is 3. The highest BCUT2D eigenvalue weighted by atomic mass is 32.1. The van der Waals surface area contributed by atoms with E-state index in [1.165, 1.54) is 19.1 Å². The molecular weight excluding hydrogens is 554 g/mol. The van der Waals surface area contributed by atoms with E-state index in [4.69, 9.17) is 0 Å². The first-order valence-corrected chi connectivity index (χ1v) is 13.9. The number of fused-ring (bicyclic) bond motifs is 1. The normalized spacial score (nSPS) is 17.4. The second kappa shape index (κ2) is 10.9. The zero-order valence-corrected chi connectivity index (χ0v) is 23.7. The summed E-state index contributed by atoms with van der Waals surface area (Å²) in [6.07, 6.45) is -9.86. The van der Waals surface area contributed by atoms with Crippen LogP contribution in [0, 0.1) is 25.2 Å². The second-order valence-electron chi connectivity index (χ2n) is 11.0. The lowest BCUT2D eigenvalue weighted by atomic mass is 9.73. The maximum Gasteiger partial charge on any atom is 0.416 e. The molecule has 3 heterocycles. The molecule has 2 aromatic heterocycles. The number of hydrogen-bond acceptors (Lipinski definition) is 6. The maximum absolute atomic E-state index is 14.5. The third-order valence-electron chi connectivity index (χ3n) is 7.65. The van der Waals surface area contributed by atoms with Gasteiger partial charge in [-0.3, -0.25) is 4.79 Å². The standard InChI is InChI=1S/C28H32F6N4OS/c1-15(2)14-38-11-9-26(10-12-38,28(32,33)34)24(39)22-13-20-23(40-22)18(5)36-37-25(20)35-17(4)19-7-6-8-21(16(19)3)27(29,30)31/h6-8,13,15,17H,9-12,14H2,1-5H3,(H,35,37)/t17-/m1/s1. The van der Waals surface area contributed by atoms with Crippen LogP contribution in [0.25, 0.3) is 10.1 Å². The summed E-state index contributed by atoms with van der Waals surface area (Å²) in [5, 5.41) is 11.7. The molecule has 1 saturated heterocycles. The van der Waals surface area contributed by atoms with Crippen molar-refractivity contribution in [2.45, 2.75) is 65.9 Å². The van der Waals surface area contributed by atoms with Crippen LogP contribution in [-0.4, -0.2) is 46.7 Å². The van der Waals surface area contributed by atoms with E-state index >= 15 is 0 Å². The van der Waals surface area contributed by atoms with E-state index in [2.05, 4.69) is 15.5 Å². The van der Waals surface area contributed by atoms with Crippen LogP contribution in [0.15, 0.2) is 24.3 Å². The zero-order chi connectivity index (χ0) is 29.6. The van der Waals surface area contributed by atoms with Crippen molar-refractivity contribution in [1.29, 1.82) is 0 Å². The molecule has 1 N–H and O–H groups in total. The molecule has 0 spiro atoms. The highest BCUT2D eigenvalue weighted by Crippen LogP contribution is 2.50. The Bertz CT molecular complexity index is 1390. The molecule has 1 aliphatic rings. The Morgan fingerprint density at radius 1 is 1.07 bits per heavy atom. The maximum atomic E-state index is 14.5. The minimum Gasteiger partial charge on any atom is -0.362 e. The summed E-state index contributed by atoms with van der Waals surface area (Å²) in [6, 6.07) is 4.68. The number of thiophene rings is 1. The monoisotopic (exact) mass is 586 g/mol. The smallest absolute Gasteiger partial charge is 0.362 e. The van der Waals surface area contributed by atoms with Gasteiger partial charge in [0.2, 0.25) is 0 Å². The van der Waals surface area contributed by atoms with Gasteiger partial charge in [0.05, 0.1) is 26.9 Å². The van der Waals surface area contributed by atoms with Crippen molar-refractivity contribution in [3.05, 3.63) is 51.5 Å². The van der Waals surface area contributed by atoms with E-state index in [-0.39, 0.29) is 42.2 Å². The van der Waals surface area contributed by atoms with Gasteiger partial charge in [-0.1, -0.05) is 26.0 Å². The van der Waals surface area contributed by atoms with E-state index in [9.17, 15) is 31.1 Å². The Morgan fingerprint density at radius 3 is 2.30 bits per heavy atom. The highest BCUT2D eigenvalue weighted by Gasteiger charge is 2.60. The number of carbonyl (C=O) groups is 1. The summed E-state index contributed by atoms with van der Waals surface area (Å²) in [6.45, 7) is 9.72. The summed E-state index contributed by atoms with van der Waals surface area (Å²) >= 11 is 0.943. The second-order valence-corrected chi connectivity index (χ2v) is 12.0. The fraction of sp³-hybridized carbons (Fsp3) is 0.536. The molecule has 0 bridgehead atoms. The molecule has 0 saturated carbocycles. The van der Waals surface area contributed by atoms with Gasteiger partial charge in [-0.05, 0) is 75.9 Å². The SMILES string of the molecule is Cc1c([C@@H](C)Nc2nnc(C)c3sc(C(=O)C4(C(F)(F)F)CCN(CC(C)C)CC4)cc23)cccc1C(F)(F)F. The van der Waals surface area contributed by atoms with Gasteiger partial charge in [0, 0.05) is 11.9 Å². The minimum atomic E-state index is -4.72. The van der Waals surface area contributed by atoms with Crippen molar-refractivity contribution < 1.29 is 31.1 Å². The number of likely N-dealkylation sites (tertiary alicyclic amines) is 1. The number of rotatable bonds is 7. The summed E-state index contributed by atoms with van der Waals surface area (Å²) < 4.78 is 84.3. The van der Waals surface area contributed by atoms with Crippen LogP contribution in [0.3, 0.4) is 0 Å². The molecule has 218 valence electrons. The number of Topliss-reactive ketones (excluding diaryl/α,β-unsaturated/α-hetero) is 1. The van der Waals surface area contributed by atoms with Crippen LogP contribution < -0.4 is 5.32 Å². The van der Waals surface area contributed by atoms with Gasteiger partial charge in [0.15, 0.2) is 11.6 Å². The van der Waals surface area contributed by atoms with Crippen molar-refractivity contribution in [3.8, 4) is 0 Å². The number of aryl methyl sites for hydroxylation is 1. The van der Waals surface area contributed by atoms with Crippen LogP contribution in [0.5, 0.6) is 0 Å². The van der Waals surface area contributed by atoms with E-state index in [0.29, 0.717) is 33.8 Å². The van der Waals surface area contributed by atoms with Gasteiger partial charge >= 0.3 is 12.4 Å². The average molecular weight is 587 g/mol. The summed E-state index contributed by atoms with van der Waals surface area (Å²) in [4.78, 5) is 15.5. The Labute approximate surface area is 233 Å².